The van der Waals surface area contributed by atoms with Crippen molar-refractivity contribution in [3.05, 3.63) is 62.8 Å². The topological polar surface area (TPSA) is 20.7 Å². The van der Waals surface area contributed by atoms with Crippen molar-refractivity contribution in [1.29, 1.82) is 0 Å². The molecule has 2 aromatic carbocycles. The van der Waals surface area contributed by atoms with E-state index in [1.165, 1.54) is 16.6 Å². The highest BCUT2D eigenvalue weighted by molar-refractivity contribution is 9.10. The Balaban J connectivity index is 2.15. The van der Waals surface area contributed by atoms with Crippen LogP contribution in [0.1, 0.15) is 11.1 Å². The lowest BCUT2D eigenvalue weighted by Gasteiger charge is -2.07. The fraction of sp³-hybridized carbons (Fsp3) is 0.133. The van der Waals surface area contributed by atoms with E-state index in [0.717, 1.165) is 21.3 Å². The fourth-order valence-electron chi connectivity index (χ4n) is 2.37. The number of para-hydroxylation sites is 1. The van der Waals surface area contributed by atoms with E-state index in [4.69, 9.17) is 12.2 Å². The van der Waals surface area contributed by atoms with Gasteiger partial charge in [-0.3, -0.25) is 0 Å². The van der Waals surface area contributed by atoms with E-state index in [0.29, 0.717) is 0 Å². The summed E-state index contributed by atoms with van der Waals surface area (Å²) in [6.45, 7) is 2.89. The molecule has 0 saturated heterocycles. The van der Waals surface area contributed by atoms with Gasteiger partial charge in [0, 0.05) is 4.47 Å². The molecule has 0 fully saturated rings. The summed E-state index contributed by atoms with van der Waals surface area (Å²) in [5, 5.41) is 0. The molecule has 0 aliphatic heterocycles. The Morgan fingerprint density at radius 1 is 1.21 bits per heavy atom. The maximum absolute atomic E-state index is 5.44. The summed E-state index contributed by atoms with van der Waals surface area (Å²) < 4.78 is 4.01. The lowest BCUT2D eigenvalue weighted by Crippen LogP contribution is -2.00. The van der Waals surface area contributed by atoms with E-state index >= 15 is 0 Å². The molecule has 1 N–H and O–H groups in total. The highest BCUT2D eigenvalue weighted by Gasteiger charge is 2.07. The zero-order valence-electron chi connectivity index (χ0n) is 10.5. The second-order valence-corrected chi connectivity index (χ2v) is 5.92. The lowest BCUT2D eigenvalue weighted by molar-refractivity contribution is 0.808. The Labute approximate surface area is 125 Å². The molecule has 0 saturated carbocycles. The summed E-state index contributed by atoms with van der Waals surface area (Å²) in [6.07, 6.45) is 0. The van der Waals surface area contributed by atoms with Gasteiger partial charge in [0.15, 0.2) is 4.77 Å². The van der Waals surface area contributed by atoms with Crippen LogP contribution in [0.5, 0.6) is 0 Å². The number of halogens is 1. The quantitative estimate of drug-likeness (QED) is 0.667. The summed E-state index contributed by atoms with van der Waals surface area (Å²) in [4.78, 5) is 3.27. The van der Waals surface area contributed by atoms with Gasteiger partial charge in [0.25, 0.3) is 0 Å². The van der Waals surface area contributed by atoms with Gasteiger partial charge >= 0.3 is 0 Å². The largest absolute Gasteiger partial charge is 0.331 e. The molecule has 3 rings (SSSR count). The molecule has 0 unspecified atom stereocenters. The van der Waals surface area contributed by atoms with Crippen LogP contribution in [0, 0.1) is 11.7 Å². The number of aromatic amines is 1. The number of rotatable bonds is 2. The van der Waals surface area contributed by atoms with Crippen molar-refractivity contribution in [2.75, 3.05) is 0 Å². The van der Waals surface area contributed by atoms with Crippen LogP contribution in [-0.4, -0.2) is 9.55 Å². The minimum atomic E-state index is 0.768. The Kier molecular flexibility index (Phi) is 3.29. The van der Waals surface area contributed by atoms with Gasteiger partial charge in [0.05, 0.1) is 17.6 Å². The molecule has 0 atom stereocenters. The smallest absolute Gasteiger partial charge is 0.178 e. The van der Waals surface area contributed by atoms with Crippen molar-refractivity contribution in [2.24, 2.45) is 0 Å². The van der Waals surface area contributed by atoms with E-state index in [1.807, 2.05) is 18.2 Å². The van der Waals surface area contributed by atoms with Gasteiger partial charge in [0.1, 0.15) is 0 Å². The average molecular weight is 333 g/mol. The van der Waals surface area contributed by atoms with Gasteiger partial charge in [-0.2, -0.15) is 0 Å². The number of benzene rings is 2. The Morgan fingerprint density at radius 2 is 2.00 bits per heavy atom. The minimum absolute atomic E-state index is 0.768. The zero-order valence-corrected chi connectivity index (χ0v) is 12.9. The molecule has 0 bridgehead atoms. The number of hydrogen-bond acceptors (Lipinski definition) is 1. The average Bonchev–Trinajstić information content (AvgIpc) is 2.67. The number of aromatic nitrogens is 2. The summed E-state index contributed by atoms with van der Waals surface area (Å²) in [5.74, 6) is 0. The van der Waals surface area contributed by atoms with Crippen LogP contribution in [0.2, 0.25) is 0 Å². The molecular formula is C15H13BrN2S. The normalized spacial score (nSPS) is 11.1. The Bertz CT molecular complexity index is 801. The third kappa shape index (κ3) is 2.38. The molecule has 0 spiro atoms. The van der Waals surface area contributed by atoms with Gasteiger partial charge in [-0.05, 0) is 48.5 Å². The van der Waals surface area contributed by atoms with Crippen LogP contribution in [0.15, 0.2) is 46.9 Å². The second kappa shape index (κ2) is 4.94. The molecule has 2 nitrogen and oxygen atoms in total. The first kappa shape index (κ1) is 12.6. The minimum Gasteiger partial charge on any atom is -0.331 e. The van der Waals surface area contributed by atoms with E-state index in [-0.39, 0.29) is 0 Å². The Hall–Kier alpha value is -1.39. The van der Waals surface area contributed by atoms with Gasteiger partial charge < -0.3 is 9.55 Å². The van der Waals surface area contributed by atoms with Crippen LogP contribution < -0.4 is 0 Å². The van der Waals surface area contributed by atoms with E-state index in [9.17, 15) is 0 Å². The number of nitrogens with one attached hydrogen (secondary N) is 1. The molecule has 1 heterocycles. The number of fused-ring (bicyclic) bond motifs is 1. The van der Waals surface area contributed by atoms with Gasteiger partial charge in [0.2, 0.25) is 0 Å². The number of aryl methyl sites for hydroxylation is 1. The van der Waals surface area contributed by atoms with Crippen molar-refractivity contribution in [2.45, 2.75) is 13.5 Å². The number of imidazole rings is 1. The highest BCUT2D eigenvalue weighted by atomic mass is 79.9. The maximum Gasteiger partial charge on any atom is 0.178 e. The van der Waals surface area contributed by atoms with Crippen LogP contribution >= 0.6 is 28.1 Å². The molecule has 96 valence electrons. The molecule has 1 aromatic heterocycles. The fourth-order valence-corrected chi connectivity index (χ4v) is 3.08. The molecule has 0 aliphatic carbocycles. The van der Waals surface area contributed by atoms with E-state index in [1.54, 1.807) is 0 Å². The third-order valence-corrected chi connectivity index (χ3v) is 4.04. The molecule has 3 aromatic rings. The van der Waals surface area contributed by atoms with Gasteiger partial charge in [-0.15, -0.1) is 0 Å². The van der Waals surface area contributed by atoms with E-state index < -0.39 is 0 Å². The first-order valence-electron chi connectivity index (χ1n) is 6.08. The summed E-state index contributed by atoms with van der Waals surface area (Å²) >= 11 is 8.95. The molecule has 0 radical (unpaired) electrons. The van der Waals surface area contributed by atoms with Crippen molar-refractivity contribution < 1.29 is 0 Å². The monoisotopic (exact) mass is 332 g/mol. The predicted octanol–water partition coefficient (Wildman–Crippen LogP) is 4.82. The van der Waals surface area contributed by atoms with Crippen molar-refractivity contribution >= 4 is 39.2 Å². The molecule has 0 aliphatic rings. The number of H-pyrrole nitrogens is 1. The van der Waals surface area contributed by atoms with Crippen LogP contribution in [-0.2, 0) is 6.54 Å². The van der Waals surface area contributed by atoms with Crippen molar-refractivity contribution in [1.82, 2.24) is 9.55 Å². The summed E-state index contributed by atoms with van der Waals surface area (Å²) in [7, 11) is 0. The van der Waals surface area contributed by atoms with Gasteiger partial charge in [-0.1, -0.05) is 40.2 Å². The Morgan fingerprint density at radius 3 is 2.79 bits per heavy atom. The first-order valence-corrected chi connectivity index (χ1v) is 7.28. The second-order valence-electron chi connectivity index (χ2n) is 4.62. The van der Waals surface area contributed by atoms with Gasteiger partial charge in [-0.25, -0.2) is 0 Å². The maximum atomic E-state index is 5.44. The SMILES string of the molecule is Cc1cccc2[nH]c(=S)n(Cc3cccc(Br)c3)c12. The molecule has 19 heavy (non-hydrogen) atoms. The highest BCUT2D eigenvalue weighted by Crippen LogP contribution is 2.20. The standard InChI is InChI=1S/C15H13BrN2S/c1-10-4-2-7-13-14(10)18(15(19)17-13)9-11-5-3-6-12(16)8-11/h2-8H,9H2,1H3,(H,17,19). The third-order valence-electron chi connectivity index (χ3n) is 3.22. The summed E-state index contributed by atoms with van der Waals surface area (Å²) in [6, 6.07) is 14.5. The lowest BCUT2D eigenvalue weighted by atomic mass is 10.2. The summed E-state index contributed by atoms with van der Waals surface area (Å²) in [5.41, 5.74) is 4.75. The number of hydrogen-bond donors (Lipinski definition) is 1. The van der Waals surface area contributed by atoms with Crippen LogP contribution in [0.25, 0.3) is 11.0 Å². The zero-order chi connectivity index (χ0) is 13.4. The van der Waals surface area contributed by atoms with Crippen molar-refractivity contribution in [3.8, 4) is 0 Å². The van der Waals surface area contributed by atoms with Crippen molar-refractivity contribution in [3.63, 3.8) is 0 Å². The first-order chi connectivity index (χ1) is 9.15. The van der Waals surface area contributed by atoms with Crippen LogP contribution in [0.4, 0.5) is 0 Å². The van der Waals surface area contributed by atoms with E-state index in [2.05, 4.69) is 56.7 Å². The molecule has 0 amide bonds. The molecule has 4 heteroatoms. The van der Waals surface area contributed by atoms with Crippen LogP contribution in [0.3, 0.4) is 0 Å². The number of nitrogens with zero attached hydrogens (tertiary/aromatic N) is 1. The molecular weight excluding hydrogens is 320 g/mol. The predicted molar refractivity (Wildman–Crippen MR) is 85.1 cm³/mol.